The van der Waals surface area contributed by atoms with Crippen molar-refractivity contribution >= 4 is 28.0 Å². The number of aliphatic imine (C=N–C) groups is 1. The number of rotatable bonds is 10. The number of benzene rings is 4. The van der Waals surface area contributed by atoms with Gasteiger partial charge in [-0.2, -0.15) is 0 Å². The van der Waals surface area contributed by atoms with E-state index in [2.05, 4.69) is 15.0 Å². The molecule has 1 aliphatic heterocycles. The van der Waals surface area contributed by atoms with Crippen LogP contribution in [0.1, 0.15) is 70.7 Å². The number of fused-ring (bicyclic) bond motifs is 4. The maximum absolute atomic E-state index is 13.5. The highest BCUT2D eigenvalue weighted by molar-refractivity contribution is 7.90. The summed E-state index contributed by atoms with van der Waals surface area (Å²) in [7, 11) is -4.05. The van der Waals surface area contributed by atoms with Crippen molar-refractivity contribution in [1.82, 2.24) is 10.0 Å². The van der Waals surface area contributed by atoms with E-state index in [1.165, 1.54) is 0 Å². The van der Waals surface area contributed by atoms with Gasteiger partial charge in [0.1, 0.15) is 24.0 Å². The van der Waals surface area contributed by atoms with Crippen molar-refractivity contribution in [3.63, 3.8) is 0 Å². The summed E-state index contributed by atoms with van der Waals surface area (Å²) in [5.74, 6) is -0.852. The second-order valence-corrected chi connectivity index (χ2v) is 15.7. The van der Waals surface area contributed by atoms with Gasteiger partial charge >= 0.3 is 12.1 Å². The standard InChI is InChI=1S/C40H44N4O7S/c1-23-24(2)36(25(3)28-18-19-40(4,5)51-35(23)28)52(48,49)44-38(41)42-21-27-16-14-26(15-17-27)20-34(37(45)46)43-39(47)50-22-33-31-12-8-6-10-29(31)30-11-7-9-13-32(30)33/h6-17,33-34H,18-22H2,1-5H3,(H,43,47)(H,45,46)(H3,41,42,44). The lowest BCUT2D eigenvalue weighted by molar-refractivity contribution is -0.139. The van der Waals surface area contributed by atoms with Crippen LogP contribution < -0.4 is 20.5 Å². The third-order valence-corrected chi connectivity index (χ3v) is 11.6. The molecule has 0 aromatic heterocycles. The van der Waals surface area contributed by atoms with Gasteiger partial charge < -0.3 is 25.6 Å². The Kier molecular flexibility index (Phi) is 10.0. The fourth-order valence-electron chi connectivity index (χ4n) is 7.15. The second kappa shape index (κ2) is 14.3. The Balaban J connectivity index is 1.05. The highest BCUT2D eigenvalue weighted by Crippen LogP contribution is 2.45. The van der Waals surface area contributed by atoms with Crippen molar-refractivity contribution in [2.75, 3.05) is 6.61 Å². The molecule has 1 unspecified atom stereocenters. The van der Waals surface area contributed by atoms with Crippen LogP contribution in [-0.4, -0.2) is 49.8 Å². The van der Waals surface area contributed by atoms with Crippen molar-refractivity contribution in [2.45, 2.75) is 82.9 Å². The van der Waals surface area contributed by atoms with Gasteiger partial charge in [-0.1, -0.05) is 72.8 Å². The number of hydrogen-bond acceptors (Lipinski definition) is 7. The second-order valence-electron chi connectivity index (χ2n) is 14.1. The molecule has 0 radical (unpaired) electrons. The number of aliphatic carboxylic acids is 1. The number of sulfonamides is 1. The fraction of sp³-hybridized carbons (Fsp3) is 0.325. The highest BCUT2D eigenvalue weighted by atomic mass is 32.2. The van der Waals surface area contributed by atoms with E-state index in [4.69, 9.17) is 15.2 Å². The molecule has 4 aromatic rings. The molecule has 0 fully saturated rings. The molecule has 12 heteroatoms. The summed E-state index contributed by atoms with van der Waals surface area (Å²) in [6.45, 7) is 9.62. The van der Waals surface area contributed by atoms with Gasteiger partial charge in [-0.25, -0.2) is 27.7 Å². The quantitative estimate of drug-likeness (QED) is 0.113. The zero-order chi connectivity index (χ0) is 37.4. The Labute approximate surface area is 304 Å². The van der Waals surface area contributed by atoms with Crippen molar-refractivity contribution in [2.24, 2.45) is 10.7 Å². The molecule has 4 aromatic carbocycles. The maximum atomic E-state index is 13.5. The molecule has 1 aliphatic carbocycles. The summed E-state index contributed by atoms with van der Waals surface area (Å²) < 4.78 is 41.3. The van der Waals surface area contributed by atoms with Gasteiger partial charge in [0.15, 0.2) is 0 Å². The van der Waals surface area contributed by atoms with Crippen molar-refractivity contribution in [1.29, 1.82) is 0 Å². The third-order valence-electron chi connectivity index (χ3n) is 10.0. The lowest BCUT2D eigenvalue weighted by Gasteiger charge is -2.35. The summed E-state index contributed by atoms with van der Waals surface area (Å²) in [6.07, 6.45) is 0.680. The van der Waals surface area contributed by atoms with Gasteiger partial charge in [0, 0.05) is 12.3 Å². The lowest BCUT2D eigenvalue weighted by Crippen LogP contribution is -2.42. The summed E-state index contributed by atoms with van der Waals surface area (Å²) in [4.78, 5) is 29.3. The van der Waals surface area contributed by atoms with Crippen LogP contribution in [0, 0.1) is 20.8 Å². The first-order chi connectivity index (χ1) is 24.6. The van der Waals surface area contributed by atoms with E-state index in [1.54, 1.807) is 38.1 Å². The number of carboxylic acids is 1. The summed E-state index contributed by atoms with van der Waals surface area (Å²) in [5.41, 5.74) is 14.3. The fourth-order valence-corrected chi connectivity index (χ4v) is 8.67. The predicted octanol–water partition coefficient (Wildman–Crippen LogP) is 6.04. The lowest BCUT2D eigenvalue weighted by atomic mass is 9.88. The third kappa shape index (κ3) is 7.48. The Bertz CT molecular complexity index is 2130. The molecule has 0 bridgehead atoms. The van der Waals surface area contributed by atoms with Crippen LogP contribution in [0.2, 0.25) is 0 Å². The minimum atomic E-state index is -4.05. The molecule has 272 valence electrons. The van der Waals surface area contributed by atoms with Crippen LogP contribution in [0.5, 0.6) is 5.75 Å². The van der Waals surface area contributed by atoms with Gasteiger partial charge in [0.05, 0.1) is 11.4 Å². The van der Waals surface area contributed by atoms with Gasteiger partial charge in [-0.15, -0.1) is 0 Å². The maximum Gasteiger partial charge on any atom is 0.407 e. The van der Waals surface area contributed by atoms with Crippen molar-refractivity contribution in [3.8, 4) is 16.9 Å². The molecule has 52 heavy (non-hydrogen) atoms. The summed E-state index contributed by atoms with van der Waals surface area (Å²) >= 11 is 0. The van der Waals surface area contributed by atoms with Crippen LogP contribution in [0.4, 0.5) is 4.79 Å². The molecule has 0 spiro atoms. The zero-order valence-corrected chi connectivity index (χ0v) is 30.8. The molecule has 1 atom stereocenters. The number of nitrogens with zero attached hydrogens (tertiary/aromatic N) is 1. The van der Waals surface area contributed by atoms with Crippen LogP contribution >= 0.6 is 0 Å². The number of hydrogen-bond donors (Lipinski definition) is 4. The first-order valence-electron chi connectivity index (χ1n) is 17.2. The topological polar surface area (TPSA) is 169 Å². The monoisotopic (exact) mass is 724 g/mol. The molecule has 11 nitrogen and oxygen atoms in total. The van der Waals surface area contributed by atoms with Gasteiger partial charge in [-0.05, 0) is 103 Å². The minimum absolute atomic E-state index is 0.0203. The van der Waals surface area contributed by atoms with Crippen LogP contribution in [0.15, 0.2) is 82.7 Å². The van der Waals surface area contributed by atoms with E-state index < -0.39 is 28.1 Å². The molecular weight excluding hydrogens is 681 g/mol. The number of carboxylic acid groups (broad SMARTS) is 1. The molecule has 2 aliphatic rings. The van der Waals surface area contributed by atoms with Gasteiger partial charge in [0.2, 0.25) is 5.96 Å². The SMILES string of the molecule is Cc1c(C)c(S(=O)(=O)NC(N)=NCc2ccc(CC(NC(=O)OCC3c4ccccc4-c4ccccc43)C(=O)O)cc2)c(C)c2c1OC(C)(C)CC2. The van der Waals surface area contributed by atoms with E-state index in [1.807, 2.05) is 69.3 Å². The number of ether oxygens (including phenoxy) is 2. The van der Waals surface area contributed by atoms with E-state index in [9.17, 15) is 23.1 Å². The minimum Gasteiger partial charge on any atom is -0.487 e. The molecule has 5 N–H and O–H groups in total. The Morgan fingerprint density at radius 3 is 2.15 bits per heavy atom. The number of carbonyl (C=O) groups is 2. The normalized spacial score (nSPS) is 15.4. The van der Waals surface area contributed by atoms with E-state index in [0.29, 0.717) is 23.1 Å². The first kappa shape index (κ1) is 36.4. The molecule has 1 amide bonds. The number of carbonyl (C=O) groups excluding carboxylic acids is 1. The number of nitrogens with two attached hydrogens (primary N) is 1. The highest BCUT2D eigenvalue weighted by Gasteiger charge is 2.34. The molecule has 6 rings (SSSR count). The van der Waals surface area contributed by atoms with E-state index in [0.717, 1.165) is 51.1 Å². The predicted molar refractivity (Wildman–Crippen MR) is 199 cm³/mol. The van der Waals surface area contributed by atoms with E-state index >= 15 is 0 Å². The van der Waals surface area contributed by atoms with E-state index in [-0.39, 0.29) is 41.9 Å². The van der Waals surface area contributed by atoms with Crippen LogP contribution in [-0.2, 0) is 38.9 Å². The number of amides is 1. The summed E-state index contributed by atoms with van der Waals surface area (Å²) in [5, 5.41) is 12.3. The summed E-state index contributed by atoms with van der Waals surface area (Å²) in [6, 6.07) is 21.7. The number of guanidine groups is 1. The smallest absolute Gasteiger partial charge is 0.407 e. The average molecular weight is 725 g/mol. The molecule has 1 heterocycles. The Morgan fingerprint density at radius 2 is 1.54 bits per heavy atom. The molecule has 0 saturated carbocycles. The van der Waals surface area contributed by atoms with Gasteiger partial charge in [0.25, 0.3) is 10.0 Å². The largest absolute Gasteiger partial charge is 0.487 e. The number of nitrogens with one attached hydrogen (secondary N) is 2. The Hall–Kier alpha value is -5.36. The number of alkyl carbamates (subject to hydrolysis) is 1. The van der Waals surface area contributed by atoms with Crippen molar-refractivity contribution in [3.05, 3.63) is 117 Å². The first-order valence-corrected chi connectivity index (χ1v) is 18.7. The van der Waals surface area contributed by atoms with Crippen molar-refractivity contribution < 1.29 is 32.6 Å². The zero-order valence-electron chi connectivity index (χ0n) is 29.9. The molecule has 0 saturated heterocycles. The van der Waals surface area contributed by atoms with Crippen LogP contribution in [0.25, 0.3) is 11.1 Å². The Morgan fingerprint density at radius 1 is 0.942 bits per heavy atom. The van der Waals surface area contributed by atoms with Crippen LogP contribution in [0.3, 0.4) is 0 Å². The average Bonchev–Trinajstić information content (AvgIpc) is 3.42. The molecular formula is C40H44N4O7S. The van der Waals surface area contributed by atoms with Gasteiger partial charge in [-0.3, -0.25) is 0 Å².